The van der Waals surface area contributed by atoms with Gasteiger partial charge in [0.2, 0.25) is 0 Å². The van der Waals surface area contributed by atoms with Crippen LogP contribution in [0.3, 0.4) is 0 Å². The molecule has 3 heterocycles. The molecule has 13 rings (SSSR count). The Bertz CT molecular complexity index is 4010. The Balaban J connectivity index is 0.933. The highest BCUT2D eigenvalue weighted by atomic mass is 15.0. The zero-order chi connectivity index (χ0) is 44.3. The predicted octanol–water partition coefficient (Wildman–Crippen LogP) is 16.4. The van der Waals surface area contributed by atoms with Crippen LogP contribution in [0.5, 0.6) is 0 Å². The first-order valence-corrected chi connectivity index (χ1v) is 22.8. The molecular formula is C63H40N4. The topological polar surface area (TPSA) is 43.6 Å². The van der Waals surface area contributed by atoms with Crippen molar-refractivity contribution in [1.82, 2.24) is 19.5 Å². The summed E-state index contributed by atoms with van der Waals surface area (Å²) in [5.74, 6) is 0.697. The van der Waals surface area contributed by atoms with Gasteiger partial charge in [0.25, 0.3) is 0 Å². The first-order chi connectivity index (χ1) is 33.2. The molecule has 3 aromatic heterocycles. The molecule has 10 aromatic carbocycles. The van der Waals surface area contributed by atoms with Crippen molar-refractivity contribution in [1.29, 1.82) is 0 Å². The summed E-state index contributed by atoms with van der Waals surface area (Å²) in [5.41, 5.74) is 15.9. The van der Waals surface area contributed by atoms with E-state index in [9.17, 15) is 0 Å². The van der Waals surface area contributed by atoms with Crippen molar-refractivity contribution in [3.05, 3.63) is 243 Å². The van der Waals surface area contributed by atoms with Gasteiger partial charge in [0.1, 0.15) is 0 Å². The van der Waals surface area contributed by atoms with E-state index < -0.39 is 0 Å². The van der Waals surface area contributed by atoms with Gasteiger partial charge >= 0.3 is 0 Å². The normalized spacial score (nSPS) is 11.6. The Hall–Kier alpha value is -8.99. The molecule has 0 fully saturated rings. The van der Waals surface area contributed by atoms with Crippen LogP contribution in [0.15, 0.2) is 243 Å². The second kappa shape index (κ2) is 15.9. The van der Waals surface area contributed by atoms with Crippen molar-refractivity contribution in [3.63, 3.8) is 0 Å². The zero-order valence-corrected chi connectivity index (χ0v) is 36.4. The van der Waals surface area contributed by atoms with Gasteiger partial charge in [0, 0.05) is 44.1 Å². The lowest BCUT2D eigenvalue weighted by molar-refractivity contribution is 1.18. The molecule has 4 heteroatoms. The SMILES string of the molecule is c1ccc(-c2ccc(-c3cc(-c4ccc(-c5cccc(-n6c7ccccc7c7c(-c8cc9ccccc9c9ccccc89)nc8ccccc8c76)c5)cc4)nc(-c4ccccc4)n3)cc2)cc1. The Kier molecular flexibility index (Phi) is 9.14. The fraction of sp³-hybridized carbons (Fsp3) is 0. The number of rotatable bonds is 7. The molecule has 0 aliphatic carbocycles. The average molecular weight is 853 g/mol. The van der Waals surface area contributed by atoms with Crippen LogP contribution in [-0.4, -0.2) is 19.5 Å². The van der Waals surface area contributed by atoms with Gasteiger partial charge in [-0.25, -0.2) is 15.0 Å². The quantitative estimate of drug-likeness (QED) is 0.150. The Morgan fingerprint density at radius 3 is 1.55 bits per heavy atom. The number of hydrogen-bond acceptors (Lipinski definition) is 3. The van der Waals surface area contributed by atoms with Gasteiger partial charge in [-0.05, 0) is 80.2 Å². The molecule has 0 radical (unpaired) electrons. The summed E-state index contributed by atoms with van der Waals surface area (Å²) in [4.78, 5) is 15.8. The van der Waals surface area contributed by atoms with Gasteiger partial charge in [0.05, 0.1) is 33.6 Å². The van der Waals surface area contributed by atoms with Crippen molar-refractivity contribution in [2.75, 3.05) is 0 Å². The van der Waals surface area contributed by atoms with Gasteiger partial charge in [-0.15, -0.1) is 0 Å². The van der Waals surface area contributed by atoms with Crippen molar-refractivity contribution in [2.45, 2.75) is 0 Å². The molecule has 0 saturated heterocycles. The van der Waals surface area contributed by atoms with Crippen LogP contribution in [-0.2, 0) is 0 Å². The zero-order valence-electron chi connectivity index (χ0n) is 36.4. The molecule has 0 aliphatic rings. The summed E-state index contributed by atoms with van der Waals surface area (Å²) < 4.78 is 2.44. The number of hydrogen-bond donors (Lipinski definition) is 0. The first kappa shape index (κ1) is 38.5. The lowest BCUT2D eigenvalue weighted by Crippen LogP contribution is -1.97. The molecule has 0 aliphatic heterocycles. The average Bonchev–Trinajstić information content (AvgIpc) is 3.77. The molecule has 67 heavy (non-hydrogen) atoms. The number of fused-ring (bicyclic) bond motifs is 8. The van der Waals surface area contributed by atoms with E-state index in [1.807, 2.05) is 24.3 Å². The van der Waals surface area contributed by atoms with E-state index in [-0.39, 0.29) is 0 Å². The third kappa shape index (κ3) is 6.65. The van der Waals surface area contributed by atoms with Crippen LogP contribution < -0.4 is 0 Å². The van der Waals surface area contributed by atoms with Crippen LogP contribution in [0.1, 0.15) is 0 Å². The number of benzene rings is 10. The van der Waals surface area contributed by atoms with Crippen LogP contribution in [0.2, 0.25) is 0 Å². The summed E-state index contributed by atoms with van der Waals surface area (Å²) in [6, 6.07) is 86.3. The molecule has 13 aromatic rings. The minimum absolute atomic E-state index is 0.697. The maximum atomic E-state index is 5.52. The molecular weight excluding hydrogens is 813 g/mol. The van der Waals surface area contributed by atoms with E-state index in [0.29, 0.717) is 5.82 Å². The maximum Gasteiger partial charge on any atom is 0.160 e. The lowest BCUT2D eigenvalue weighted by Gasteiger charge is -2.15. The lowest BCUT2D eigenvalue weighted by atomic mass is 9.93. The molecule has 0 atom stereocenters. The van der Waals surface area contributed by atoms with Gasteiger partial charge in [0.15, 0.2) is 5.82 Å². The fourth-order valence-electron chi connectivity index (χ4n) is 9.98. The van der Waals surface area contributed by atoms with Crippen LogP contribution in [0.25, 0.3) is 127 Å². The second-order valence-electron chi connectivity index (χ2n) is 17.1. The smallest absolute Gasteiger partial charge is 0.160 e. The van der Waals surface area contributed by atoms with Gasteiger partial charge < -0.3 is 4.57 Å². The molecule has 0 saturated carbocycles. The van der Waals surface area contributed by atoms with E-state index in [4.69, 9.17) is 15.0 Å². The third-order valence-electron chi connectivity index (χ3n) is 13.2. The Labute approximate surface area is 387 Å². The van der Waals surface area contributed by atoms with Crippen LogP contribution in [0.4, 0.5) is 0 Å². The highest BCUT2D eigenvalue weighted by molar-refractivity contribution is 6.25. The monoisotopic (exact) mass is 852 g/mol. The highest BCUT2D eigenvalue weighted by Gasteiger charge is 2.22. The predicted molar refractivity (Wildman–Crippen MR) is 279 cm³/mol. The molecule has 4 nitrogen and oxygen atoms in total. The van der Waals surface area contributed by atoms with Gasteiger partial charge in [-0.3, -0.25) is 0 Å². The van der Waals surface area contributed by atoms with Crippen molar-refractivity contribution < 1.29 is 0 Å². The summed E-state index contributed by atoms with van der Waals surface area (Å²) in [6.45, 7) is 0. The first-order valence-electron chi connectivity index (χ1n) is 22.8. The Morgan fingerprint density at radius 1 is 0.313 bits per heavy atom. The number of para-hydroxylation sites is 2. The summed E-state index contributed by atoms with van der Waals surface area (Å²) >= 11 is 0. The molecule has 312 valence electrons. The molecule has 0 unspecified atom stereocenters. The highest BCUT2D eigenvalue weighted by Crippen LogP contribution is 2.44. The molecule has 0 spiro atoms. The number of nitrogens with zero attached hydrogens (tertiary/aromatic N) is 4. The van der Waals surface area contributed by atoms with E-state index in [1.54, 1.807) is 0 Å². The van der Waals surface area contributed by atoms with E-state index in [2.05, 4.69) is 223 Å². The van der Waals surface area contributed by atoms with E-state index in [1.165, 1.54) is 38.1 Å². The van der Waals surface area contributed by atoms with Crippen molar-refractivity contribution in [3.8, 4) is 73.1 Å². The number of aromatic nitrogens is 4. The van der Waals surface area contributed by atoms with Crippen LogP contribution >= 0.6 is 0 Å². The maximum absolute atomic E-state index is 5.52. The summed E-state index contributed by atoms with van der Waals surface area (Å²) in [6.07, 6.45) is 0. The summed E-state index contributed by atoms with van der Waals surface area (Å²) in [7, 11) is 0. The molecule has 0 bridgehead atoms. The summed E-state index contributed by atoms with van der Waals surface area (Å²) in [5, 5.41) is 8.30. The second-order valence-corrected chi connectivity index (χ2v) is 17.1. The van der Waals surface area contributed by atoms with E-state index in [0.717, 1.165) is 83.5 Å². The number of pyridine rings is 1. The largest absolute Gasteiger partial charge is 0.308 e. The Morgan fingerprint density at radius 2 is 0.836 bits per heavy atom. The minimum Gasteiger partial charge on any atom is -0.308 e. The third-order valence-corrected chi connectivity index (χ3v) is 13.2. The minimum atomic E-state index is 0.697. The van der Waals surface area contributed by atoms with Crippen molar-refractivity contribution >= 4 is 54.3 Å². The fourth-order valence-corrected chi connectivity index (χ4v) is 9.98. The molecule has 0 amide bonds. The van der Waals surface area contributed by atoms with Crippen LogP contribution in [0, 0.1) is 0 Å². The van der Waals surface area contributed by atoms with E-state index >= 15 is 0 Å². The standard InChI is InChI=1S/C63H40N4/c1-3-16-41(17-4-1)42-30-34-44(35-31-42)57-40-58(66-63(65-57)46-18-5-2-6-19-46)45-36-32-43(33-37-45)47-21-15-22-49(38-47)67-59-29-14-12-27-54(59)60-61(64-56-28-13-11-26-53(56)62(60)67)55-39-48-20-7-8-23-50(48)51-24-9-10-25-52(51)55/h1-40H. The van der Waals surface area contributed by atoms with Gasteiger partial charge in [-0.2, -0.15) is 0 Å². The molecule has 0 N–H and O–H groups in total. The van der Waals surface area contributed by atoms with Crippen molar-refractivity contribution in [2.24, 2.45) is 0 Å². The van der Waals surface area contributed by atoms with Gasteiger partial charge in [-0.1, -0.05) is 206 Å².